The van der Waals surface area contributed by atoms with Crippen molar-refractivity contribution in [3.8, 4) is 0 Å². The van der Waals surface area contributed by atoms with E-state index in [9.17, 15) is 9.59 Å². The zero-order chi connectivity index (χ0) is 17.2. The van der Waals surface area contributed by atoms with Crippen LogP contribution in [0.4, 0.5) is 0 Å². The number of carbonyl (C=O) groups is 2. The molecule has 23 heavy (non-hydrogen) atoms. The highest BCUT2D eigenvalue weighted by molar-refractivity contribution is 6.04. The normalized spacial score (nSPS) is 13.1. The standard InChI is InChI=1S/C16H30.C4H2O3/c1-3-5-7-9-11-13-15-16-14-12-10-8-6-4-2;5-3-1-2-4(6)7-3/h3,10,12H,1,4-9,11,13-16H2,2H3;1-2H. The third-order valence-corrected chi connectivity index (χ3v) is 3.48. The van der Waals surface area contributed by atoms with Gasteiger partial charge in [0.15, 0.2) is 0 Å². The molecule has 1 rings (SSSR count). The summed E-state index contributed by atoms with van der Waals surface area (Å²) in [5.74, 6) is -1.16. The topological polar surface area (TPSA) is 43.4 Å². The molecule has 1 heterocycles. The Balaban J connectivity index is 0.000000568. The molecular weight excluding hydrogens is 288 g/mol. The largest absolute Gasteiger partial charge is 0.387 e. The van der Waals surface area contributed by atoms with E-state index in [1.165, 1.54) is 70.6 Å². The van der Waals surface area contributed by atoms with Crippen molar-refractivity contribution in [3.63, 3.8) is 0 Å². The summed E-state index contributed by atoms with van der Waals surface area (Å²) >= 11 is 0. The number of ether oxygens (including phenoxy) is 1. The van der Waals surface area contributed by atoms with Gasteiger partial charge in [-0.15, -0.1) is 6.58 Å². The van der Waals surface area contributed by atoms with Gasteiger partial charge in [-0.05, 0) is 32.1 Å². The fourth-order valence-corrected chi connectivity index (χ4v) is 2.12. The van der Waals surface area contributed by atoms with Crippen molar-refractivity contribution in [1.82, 2.24) is 0 Å². The lowest BCUT2D eigenvalue weighted by Gasteiger charge is -1.99. The lowest BCUT2D eigenvalue weighted by molar-refractivity contribution is -0.150. The number of esters is 2. The summed E-state index contributed by atoms with van der Waals surface area (Å²) in [5, 5.41) is 0. The minimum Gasteiger partial charge on any atom is -0.387 e. The highest BCUT2D eigenvalue weighted by Crippen LogP contribution is 2.09. The molecule has 0 N–H and O–H groups in total. The Morgan fingerprint density at radius 1 is 0.826 bits per heavy atom. The Morgan fingerprint density at radius 3 is 1.74 bits per heavy atom. The molecule has 0 amide bonds. The second-order valence-electron chi connectivity index (χ2n) is 5.67. The van der Waals surface area contributed by atoms with Crippen molar-refractivity contribution in [2.45, 2.75) is 77.6 Å². The number of unbranched alkanes of at least 4 members (excludes halogenated alkanes) is 9. The lowest BCUT2D eigenvalue weighted by atomic mass is 10.1. The van der Waals surface area contributed by atoms with E-state index in [2.05, 4.69) is 30.4 Å². The van der Waals surface area contributed by atoms with Crippen LogP contribution in [0.15, 0.2) is 37.0 Å². The summed E-state index contributed by atoms with van der Waals surface area (Å²) in [5.41, 5.74) is 0. The Hall–Kier alpha value is -1.64. The van der Waals surface area contributed by atoms with Crippen LogP contribution < -0.4 is 0 Å². The summed E-state index contributed by atoms with van der Waals surface area (Å²) in [6, 6.07) is 0. The average molecular weight is 320 g/mol. The second-order valence-corrected chi connectivity index (χ2v) is 5.67. The van der Waals surface area contributed by atoms with Crippen LogP contribution >= 0.6 is 0 Å². The summed E-state index contributed by atoms with van der Waals surface area (Å²) in [7, 11) is 0. The van der Waals surface area contributed by atoms with E-state index in [-0.39, 0.29) is 0 Å². The maximum atomic E-state index is 9.92. The summed E-state index contributed by atoms with van der Waals surface area (Å²) in [6.07, 6.45) is 23.7. The first-order chi connectivity index (χ1) is 11.2. The maximum Gasteiger partial charge on any atom is 0.338 e. The number of rotatable bonds is 12. The molecule has 3 heteroatoms. The number of hydrogen-bond donors (Lipinski definition) is 0. The van der Waals surface area contributed by atoms with E-state index in [0.717, 1.165) is 12.2 Å². The van der Waals surface area contributed by atoms with Crippen molar-refractivity contribution in [3.05, 3.63) is 37.0 Å². The van der Waals surface area contributed by atoms with Crippen molar-refractivity contribution in [2.24, 2.45) is 0 Å². The van der Waals surface area contributed by atoms with Crippen LogP contribution in [0, 0.1) is 0 Å². The fourth-order valence-electron chi connectivity index (χ4n) is 2.12. The molecule has 0 unspecified atom stereocenters. The molecule has 1 aliphatic heterocycles. The Morgan fingerprint density at radius 2 is 1.30 bits per heavy atom. The van der Waals surface area contributed by atoms with Crippen LogP contribution in [0.1, 0.15) is 77.6 Å². The molecule has 130 valence electrons. The quantitative estimate of drug-likeness (QED) is 0.201. The van der Waals surface area contributed by atoms with E-state index in [1.807, 2.05) is 6.08 Å². The first-order valence-corrected chi connectivity index (χ1v) is 8.90. The predicted octanol–water partition coefficient (Wildman–Crippen LogP) is 5.67. The fraction of sp³-hybridized carbons (Fsp3) is 0.600. The molecular formula is C20H32O3. The molecule has 0 aromatic carbocycles. The van der Waals surface area contributed by atoms with Gasteiger partial charge >= 0.3 is 11.9 Å². The average Bonchev–Trinajstić information content (AvgIpc) is 2.92. The van der Waals surface area contributed by atoms with Crippen molar-refractivity contribution in [1.29, 1.82) is 0 Å². The molecule has 0 atom stereocenters. The summed E-state index contributed by atoms with van der Waals surface area (Å²) in [6.45, 7) is 5.99. The van der Waals surface area contributed by atoms with Crippen LogP contribution in [0.25, 0.3) is 0 Å². The van der Waals surface area contributed by atoms with Gasteiger partial charge in [-0.3, -0.25) is 0 Å². The highest BCUT2D eigenvalue weighted by atomic mass is 16.6. The van der Waals surface area contributed by atoms with E-state index >= 15 is 0 Å². The minimum absolute atomic E-state index is 0.579. The Labute approximate surface area is 141 Å². The number of cyclic esters (lactones) is 2. The maximum absolute atomic E-state index is 9.92. The van der Waals surface area contributed by atoms with Crippen molar-refractivity contribution >= 4 is 11.9 Å². The number of allylic oxidation sites excluding steroid dienone is 3. The minimum atomic E-state index is -0.579. The van der Waals surface area contributed by atoms with Crippen LogP contribution in [0.3, 0.4) is 0 Å². The van der Waals surface area contributed by atoms with Crippen LogP contribution in [-0.2, 0) is 14.3 Å². The number of carbonyl (C=O) groups excluding carboxylic acids is 2. The van der Waals surface area contributed by atoms with Gasteiger partial charge in [-0.2, -0.15) is 0 Å². The lowest BCUT2D eigenvalue weighted by Crippen LogP contribution is -1.96. The van der Waals surface area contributed by atoms with Gasteiger partial charge in [-0.1, -0.05) is 63.7 Å². The van der Waals surface area contributed by atoms with Gasteiger partial charge in [0.05, 0.1) is 0 Å². The molecule has 0 spiro atoms. The molecule has 0 radical (unpaired) electrons. The monoisotopic (exact) mass is 320 g/mol. The first-order valence-electron chi connectivity index (χ1n) is 8.90. The zero-order valence-electron chi connectivity index (χ0n) is 14.6. The number of hydrogen-bond acceptors (Lipinski definition) is 3. The van der Waals surface area contributed by atoms with Crippen LogP contribution in [0.5, 0.6) is 0 Å². The van der Waals surface area contributed by atoms with Crippen molar-refractivity contribution in [2.75, 3.05) is 0 Å². The third-order valence-electron chi connectivity index (χ3n) is 3.48. The zero-order valence-corrected chi connectivity index (χ0v) is 14.6. The first kappa shape index (κ1) is 21.4. The van der Waals surface area contributed by atoms with Gasteiger partial charge in [0.2, 0.25) is 0 Å². The molecule has 0 bridgehead atoms. The molecule has 1 aliphatic rings. The molecule has 0 aliphatic carbocycles. The van der Waals surface area contributed by atoms with Crippen LogP contribution in [0.2, 0.25) is 0 Å². The predicted molar refractivity (Wildman–Crippen MR) is 96.0 cm³/mol. The van der Waals surface area contributed by atoms with Gasteiger partial charge in [0, 0.05) is 12.2 Å². The summed E-state index contributed by atoms with van der Waals surface area (Å²) < 4.78 is 3.97. The van der Waals surface area contributed by atoms with Gasteiger partial charge in [0.1, 0.15) is 0 Å². The smallest absolute Gasteiger partial charge is 0.338 e. The molecule has 0 aromatic heterocycles. The van der Waals surface area contributed by atoms with Gasteiger partial charge in [0.25, 0.3) is 0 Å². The Kier molecular flexibility index (Phi) is 15.5. The summed E-state index contributed by atoms with van der Waals surface area (Å²) in [4.78, 5) is 19.8. The van der Waals surface area contributed by atoms with E-state index < -0.39 is 11.9 Å². The van der Waals surface area contributed by atoms with E-state index in [4.69, 9.17) is 0 Å². The van der Waals surface area contributed by atoms with E-state index in [0.29, 0.717) is 0 Å². The molecule has 3 nitrogen and oxygen atoms in total. The highest BCUT2D eigenvalue weighted by Gasteiger charge is 2.10. The second kappa shape index (κ2) is 16.7. The Bertz CT molecular complexity index is 364. The van der Waals surface area contributed by atoms with Crippen molar-refractivity contribution < 1.29 is 14.3 Å². The third kappa shape index (κ3) is 16.6. The molecule has 0 saturated heterocycles. The molecule has 0 aromatic rings. The molecule has 0 fully saturated rings. The van der Waals surface area contributed by atoms with Gasteiger partial charge in [-0.25, -0.2) is 9.59 Å². The molecule has 0 saturated carbocycles. The SMILES string of the molecule is C=CCCCCCCCCC=CCCCC.O=C1C=CC(=O)O1. The van der Waals surface area contributed by atoms with Gasteiger partial charge < -0.3 is 4.74 Å². The van der Waals surface area contributed by atoms with E-state index in [1.54, 1.807) is 0 Å². The van der Waals surface area contributed by atoms with Crippen LogP contribution in [-0.4, -0.2) is 11.9 Å².